The topological polar surface area (TPSA) is 12.0 Å². The molecule has 0 atom stereocenters. The Bertz CT molecular complexity index is 84.1. The molecule has 0 saturated carbocycles. The first-order valence-electron chi connectivity index (χ1n) is 4.29. The van der Waals surface area contributed by atoms with Gasteiger partial charge in [-0.1, -0.05) is 13.8 Å². The van der Waals surface area contributed by atoms with Gasteiger partial charge in [0, 0.05) is 6.42 Å². The van der Waals surface area contributed by atoms with E-state index in [1.54, 1.807) is 0 Å². The van der Waals surface area contributed by atoms with Crippen molar-refractivity contribution in [3.63, 3.8) is 0 Å². The van der Waals surface area contributed by atoms with Gasteiger partial charge in [-0.25, -0.2) is 8.78 Å². The first-order valence-corrected chi connectivity index (χ1v) is 4.29. The number of alkyl halides is 2. The van der Waals surface area contributed by atoms with E-state index in [0.717, 1.165) is 13.0 Å². The van der Waals surface area contributed by atoms with Gasteiger partial charge in [-0.05, 0) is 19.4 Å². The maximum Gasteiger partial charge on any atom is 0.260 e. The Kier molecular flexibility index (Phi) is 5.38. The second-order valence-corrected chi connectivity index (χ2v) is 2.49. The van der Waals surface area contributed by atoms with E-state index in [-0.39, 0.29) is 13.0 Å². The van der Waals surface area contributed by atoms with Gasteiger partial charge in [0.05, 0.1) is 6.54 Å². The highest BCUT2D eigenvalue weighted by atomic mass is 19.3. The third kappa shape index (κ3) is 5.13. The van der Waals surface area contributed by atoms with Gasteiger partial charge in [-0.2, -0.15) is 0 Å². The van der Waals surface area contributed by atoms with Crippen molar-refractivity contribution in [2.24, 2.45) is 0 Å². The second-order valence-electron chi connectivity index (χ2n) is 2.49. The normalized spacial score (nSPS) is 22.9. The van der Waals surface area contributed by atoms with Gasteiger partial charge in [0.15, 0.2) is 0 Å². The van der Waals surface area contributed by atoms with Crippen LogP contribution in [0.15, 0.2) is 0 Å². The molecule has 1 rings (SSSR count). The average molecular weight is 165 g/mol. The second kappa shape index (κ2) is 5.47. The van der Waals surface area contributed by atoms with Crippen molar-refractivity contribution in [3.05, 3.63) is 0 Å². The lowest BCUT2D eigenvalue weighted by atomic mass is 10.2. The zero-order valence-electron chi connectivity index (χ0n) is 7.29. The first kappa shape index (κ1) is 10.8. The summed E-state index contributed by atoms with van der Waals surface area (Å²) in [6.07, 6.45) is 1.59. The molecule has 1 nitrogen and oxygen atoms in total. The molecule has 0 amide bonds. The summed E-state index contributed by atoms with van der Waals surface area (Å²) in [4.78, 5) is 0. The summed E-state index contributed by atoms with van der Waals surface area (Å²) in [5.41, 5.74) is 0. The molecule has 0 bridgehead atoms. The molecule has 3 heteroatoms. The van der Waals surface area contributed by atoms with Crippen molar-refractivity contribution in [1.29, 1.82) is 0 Å². The minimum atomic E-state index is -2.45. The van der Waals surface area contributed by atoms with Crippen LogP contribution in [0.5, 0.6) is 0 Å². The van der Waals surface area contributed by atoms with Crippen LogP contribution in [0, 0.1) is 0 Å². The molecule has 11 heavy (non-hydrogen) atoms. The van der Waals surface area contributed by atoms with E-state index in [2.05, 4.69) is 5.32 Å². The van der Waals surface area contributed by atoms with Gasteiger partial charge < -0.3 is 5.32 Å². The van der Waals surface area contributed by atoms with E-state index in [1.807, 2.05) is 13.8 Å². The predicted molar refractivity (Wildman–Crippen MR) is 43.0 cm³/mol. The van der Waals surface area contributed by atoms with Gasteiger partial charge in [-0.15, -0.1) is 0 Å². The number of rotatable bonds is 0. The largest absolute Gasteiger partial charge is 0.311 e. The smallest absolute Gasteiger partial charge is 0.260 e. The van der Waals surface area contributed by atoms with Crippen LogP contribution in [0.3, 0.4) is 0 Å². The van der Waals surface area contributed by atoms with Crippen molar-refractivity contribution in [1.82, 2.24) is 5.32 Å². The lowest BCUT2D eigenvalue weighted by Crippen LogP contribution is -2.30. The van der Waals surface area contributed by atoms with Gasteiger partial charge in [0.2, 0.25) is 0 Å². The summed E-state index contributed by atoms with van der Waals surface area (Å²) < 4.78 is 24.8. The molecule has 0 aliphatic carbocycles. The minimum Gasteiger partial charge on any atom is -0.311 e. The summed E-state index contributed by atoms with van der Waals surface area (Å²) >= 11 is 0. The fraction of sp³-hybridized carbons (Fsp3) is 1.00. The molecule has 0 spiro atoms. The Labute approximate surface area is 67.2 Å². The van der Waals surface area contributed by atoms with E-state index in [1.165, 1.54) is 0 Å². The van der Waals surface area contributed by atoms with Crippen molar-refractivity contribution >= 4 is 0 Å². The Morgan fingerprint density at radius 3 is 2.45 bits per heavy atom. The highest BCUT2D eigenvalue weighted by molar-refractivity contribution is 4.72. The van der Waals surface area contributed by atoms with E-state index >= 15 is 0 Å². The van der Waals surface area contributed by atoms with Crippen molar-refractivity contribution in [3.8, 4) is 0 Å². The molecule has 68 valence electrons. The van der Waals surface area contributed by atoms with E-state index < -0.39 is 5.92 Å². The summed E-state index contributed by atoms with van der Waals surface area (Å²) in [6.45, 7) is 4.61. The molecule has 0 aromatic carbocycles. The molecule has 1 saturated heterocycles. The van der Waals surface area contributed by atoms with E-state index in [4.69, 9.17) is 0 Å². The number of nitrogens with one attached hydrogen (secondary N) is 1. The zero-order chi connectivity index (χ0) is 8.74. The fourth-order valence-electron chi connectivity index (χ4n) is 0.993. The maximum absolute atomic E-state index is 12.4. The molecule has 1 fully saturated rings. The minimum absolute atomic E-state index is 0.0556. The summed E-state index contributed by atoms with van der Waals surface area (Å²) in [5.74, 6) is -2.45. The lowest BCUT2D eigenvalue weighted by Gasteiger charge is -2.11. The SMILES string of the molecule is CC.FC1(F)CCCCNC1. The highest BCUT2D eigenvalue weighted by Crippen LogP contribution is 2.21. The van der Waals surface area contributed by atoms with Crippen LogP contribution in [0.1, 0.15) is 33.1 Å². The average Bonchev–Trinajstić information content (AvgIpc) is 2.17. The third-order valence-corrected chi connectivity index (χ3v) is 1.53. The van der Waals surface area contributed by atoms with Crippen molar-refractivity contribution < 1.29 is 8.78 Å². The molecule has 1 heterocycles. The molecule has 0 unspecified atom stereocenters. The van der Waals surface area contributed by atoms with E-state index in [9.17, 15) is 8.78 Å². The van der Waals surface area contributed by atoms with Crippen LogP contribution >= 0.6 is 0 Å². The van der Waals surface area contributed by atoms with Crippen LogP contribution in [0.4, 0.5) is 8.78 Å². The van der Waals surface area contributed by atoms with Gasteiger partial charge in [0.25, 0.3) is 5.92 Å². The van der Waals surface area contributed by atoms with Crippen LogP contribution in [-0.4, -0.2) is 19.0 Å². The van der Waals surface area contributed by atoms with Crippen LogP contribution in [0.25, 0.3) is 0 Å². The Morgan fingerprint density at radius 1 is 1.18 bits per heavy atom. The standard InChI is InChI=1S/C6H11F2N.C2H6/c7-6(8)3-1-2-4-9-5-6;1-2/h9H,1-5H2;1-2H3. The Hall–Kier alpha value is -0.180. The summed E-state index contributed by atoms with van der Waals surface area (Å²) in [7, 11) is 0. The number of halogens is 2. The van der Waals surface area contributed by atoms with Crippen LogP contribution in [0.2, 0.25) is 0 Å². The Balaban J connectivity index is 0.000000461. The fourth-order valence-corrected chi connectivity index (χ4v) is 0.993. The van der Waals surface area contributed by atoms with E-state index in [0.29, 0.717) is 6.42 Å². The summed E-state index contributed by atoms with van der Waals surface area (Å²) in [5, 5.41) is 2.69. The molecule has 1 aliphatic heterocycles. The molecular weight excluding hydrogens is 148 g/mol. The van der Waals surface area contributed by atoms with Gasteiger partial charge in [-0.3, -0.25) is 0 Å². The first-order chi connectivity index (χ1) is 5.21. The van der Waals surface area contributed by atoms with Crippen LogP contribution in [-0.2, 0) is 0 Å². The third-order valence-electron chi connectivity index (χ3n) is 1.53. The van der Waals surface area contributed by atoms with Gasteiger partial charge in [0.1, 0.15) is 0 Å². The zero-order valence-corrected chi connectivity index (χ0v) is 7.29. The number of hydrogen-bond donors (Lipinski definition) is 1. The van der Waals surface area contributed by atoms with Crippen molar-refractivity contribution in [2.45, 2.75) is 39.0 Å². The summed E-state index contributed by atoms with van der Waals surface area (Å²) in [6, 6.07) is 0. The number of hydrogen-bond acceptors (Lipinski definition) is 1. The monoisotopic (exact) mass is 165 g/mol. The lowest BCUT2D eigenvalue weighted by molar-refractivity contribution is -0.00169. The van der Waals surface area contributed by atoms with Crippen LogP contribution < -0.4 is 5.32 Å². The van der Waals surface area contributed by atoms with Gasteiger partial charge >= 0.3 is 0 Å². The Morgan fingerprint density at radius 2 is 1.82 bits per heavy atom. The van der Waals surface area contributed by atoms with Crippen molar-refractivity contribution in [2.75, 3.05) is 13.1 Å². The molecule has 0 aromatic rings. The molecule has 1 N–H and O–H groups in total. The molecular formula is C8H17F2N. The maximum atomic E-state index is 12.4. The molecule has 1 aliphatic rings. The quantitative estimate of drug-likeness (QED) is 0.581. The predicted octanol–water partition coefficient (Wildman–Crippen LogP) is 2.42. The molecule has 0 radical (unpaired) electrons. The highest BCUT2D eigenvalue weighted by Gasteiger charge is 2.28. The molecule has 0 aromatic heterocycles.